The molecule has 3 aromatic rings. The summed E-state index contributed by atoms with van der Waals surface area (Å²) in [5, 5.41) is 2.84. The van der Waals surface area contributed by atoms with Gasteiger partial charge in [-0.25, -0.2) is 4.79 Å². The van der Waals surface area contributed by atoms with E-state index < -0.39 is 0 Å². The number of aromatic nitrogens is 2. The van der Waals surface area contributed by atoms with Crippen molar-refractivity contribution in [3.63, 3.8) is 0 Å². The van der Waals surface area contributed by atoms with Crippen molar-refractivity contribution in [1.82, 2.24) is 14.0 Å². The quantitative estimate of drug-likeness (QED) is 0.736. The van der Waals surface area contributed by atoms with Gasteiger partial charge in [-0.15, -0.1) is 0 Å². The molecule has 0 aliphatic rings. The Labute approximate surface area is 163 Å². The molecule has 0 atom stereocenters. The molecule has 1 N–H and O–H groups in total. The van der Waals surface area contributed by atoms with Crippen molar-refractivity contribution in [2.75, 3.05) is 18.9 Å². The molecule has 0 spiro atoms. The number of amides is 2. The molecule has 146 valence electrons. The van der Waals surface area contributed by atoms with Gasteiger partial charge in [-0.05, 0) is 43.2 Å². The number of para-hydroxylation sites is 2. The number of imidazole rings is 1. The highest BCUT2D eigenvalue weighted by Gasteiger charge is 2.18. The van der Waals surface area contributed by atoms with Gasteiger partial charge in [0.1, 0.15) is 6.54 Å². The van der Waals surface area contributed by atoms with Crippen molar-refractivity contribution in [3.8, 4) is 0 Å². The third-order valence-corrected chi connectivity index (χ3v) is 5.03. The highest BCUT2D eigenvalue weighted by molar-refractivity contribution is 5.95. The lowest BCUT2D eigenvalue weighted by atomic mass is 10.1. The maximum Gasteiger partial charge on any atom is 0.329 e. The Morgan fingerprint density at radius 3 is 2.43 bits per heavy atom. The van der Waals surface area contributed by atoms with E-state index in [2.05, 4.69) is 5.32 Å². The van der Waals surface area contributed by atoms with Crippen LogP contribution in [0.1, 0.15) is 11.1 Å². The standard InChI is InChI=1S/C21H24N4O3/c1-14-8-7-9-16(15(14)2)22-19(26)12-23(3)20(27)13-25-18-11-6-5-10-17(18)24(4)21(25)28/h5-11H,12-13H2,1-4H3,(H,22,26). The maximum absolute atomic E-state index is 12.6. The smallest absolute Gasteiger partial charge is 0.329 e. The number of hydrogen-bond acceptors (Lipinski definition) is 3. The van der Waals surface area contributed by atoms with Gasteiger partial charge < -0.3 is 10.2 Å². The first-order chi connectivity index (χ1) is 13.3. The first kappa shape index (κ1) is 19.4. The van der Waals surface area contributed by atoms with E-state index in [0.717, 1.165) is 22.3 Å². The summed E-state index contributed by atoms with van der Waals surface area (Å²) in [5.74, 6) is -0.593. The van der Waals surface area contributed by atoms with Crippen LogP contribution in [0.15, 0.2) is 47.3 Å². The molecular formula is C21H24N4O3. The van der Waals surface area contributed by atoms with Crippen LogP contribution >= 0.6 is 0 Å². The lowest BCUT2D eigenvalue weighted by Gasteiger charge is -2.18. The molecule has 0 aliphatic heterocycles. The van der Waals surface area contributed by atoms with Crippen molar-refractivity contribution < 1.29 is 9.59 Å². The zero-order chi connectivity index (χ0) is 20.4. The van der Waals surface area contributed by atoms with Gasteiger partial charge >= 0.3 is 5.69 Å². The average Bonchev–Trinajstić information content (AvgIpc) is 2.90. The molecule has 2 amide bonds. The lowest BCUT2D eigenvalue weighted by Crippen LogP contribution is -2.38. The van der Waals surface area contributed by atoms with E-state index in [1.807, 2.05) is 50.2 Å². The second-order valence-corrected chi connectivity index (χ2v) is 6.96. The second-order valence-electron chi connectivity index (χ2n) is 6.96. The highest BCUT2D eigenvalue weighted by Crippen LogP contribution is 2.18. The van der Waals surface area contributed by atoms with Crippen LogP contribution in [0.4, 0.5) is 5.69 Å². The predicted molar refractivity (Wildman–Crippen MR) is 109 cm³/mol. The Hall–Kier alpha value is -3.35. The Kier molecular flexibility index (Phi) is 5.35. The highest BCUT2D eigenvalue weighted by atomic mass is 16.2. The summed E-state index contributed by atoms with van der Waals surface area (Å²) in [7, 11) is 3.23. The normalized spacial score (nSPS) is 10.9. The molecule has 3 rings (SSSR count). The molecule has 7 heteroatoms. The van der Waals surface area contributed by atoms with E-state index in [1.165, 1.54) is 14.0 Å². The van der Waals surface area contributed by atoms with Gasteiger partial charge in [0.15, 0.2) is 0 Å². The summed E-state index contributed by atoms with van der Waals surface area (Å²) >= 11 is 0. The summed E-state index contributed by atoms with van der Waals surface area (Å²) in [5.41, 5.74) is 4.00. The molecule has 2 aromatic carbocycles. The second kappa shape index (κ2) is 7.72. The largest absolute Gasteiger partial charge is 0.335 e. The predicted octanol–water partition coefficient (Wildman–Crippen LogP) is 2.05. The van der Waals surface area contributed by atoms with Crippen LogP contribution in [-0.4, -0.2) is 39.4 Å². The van der Waals surface area contributed by atoms with Gasteiger partial charge in [-0.2, -0.15) is 0 Å². The fraction of sp³-hybridized carbons (Fsp3) is 0.286. The summed E-state index contributed by atoms with van der Waals surface area (Å²) < 4.78 is 2.94. The van der Waals surface area contributed by atoms with Crippen LogP contribution in [0, 0.1) is 13.8 Å². The number of aryl methyl sites for hydroxylation is 2. The van der Waals surface area contributed by atoms with Gasteiger partial charge in [0, 0.05) is 19.8 Å². The van der Waals surface area contributed by atoms with E-state index in [4.69, 9.17) is 0 Å². The molecular weight excluding hydrogens is 356 g/mol. The number of fused-ring (bicyclic) bond motifs is 1. The molecule has 0 aliphatic carbocycles. The van der Waals surface area contributed by atoms with Crippen molar-refractivity contribution in [3.05, 3.63) is 64.1 Å². The molecule has 0 fully saturated rings. The van der Waals surface area contributed by atoms with Crippen molar-refractivity contribution in [2.45, 2.75) is 20.4 Å². The molecule has 0 radical (unpaired) electrons. The number of nitrogens with one attached hydrogen (secondary N) is 1. The number of rotatable bonds is 5. The van der Waals surface area contributed by atoms with E-state index in [-0.39, 0.29) is 30.6 Å². The third kappa shape index (κ3) is 3.69. The summed E-state index contributed by atoms with van der Waals surface area (Å²) in [6.07, 6.45) is 0. The van der Waals surface area contributed by atoms with E-state index in [0.29, 0.717) is 5.52 Å². The van der Waals surface area contributed by atoms with E-state index in [9.17, 15) is 14.4 Å². The minimum absolute atomic E-state index is 0.0915. The van der Waals surface area contributed by atoms with Gasteiger partial charge in [0.25, 0.3) is 0 Å². The van der Waals surface area contributed by atoms with Gasteiger partial charge in [-0.3, -0.25) is 18.7 Å². The molecule has 0 unspecified atom stereocenters. The third-order valence-electron chi connectivity index (χ3n) is 5.03. The van der Waals surface area contributed by atoms with Crippen LogP contribution < -0.4 is 11.0 Å². The Balaban J connectivity index is 1.70. The average molecular weight is 380 g/mol. The Morgan fingerprint density at radius 1 is 1.04 bits per heavy atom. The Morgan fingerprint density at radius 2 is 1.71 bits per heavy atom. The van der Waals surface area contributed by atoms with Gasteiger partial charge in [-0.1, -0.05) is 24.3 Å². The molecule has 0 saturated carbocycles. The topological polar surface area (TPSA) is 76.3 Å². The molecule has 1 heterocycles. The number of hydrogen-bond donors (Lipinski definition) is 1. The number of benzene rings is 2. The number of likely N-dealkylation sites (N-methyl/N-ethyl adjacent to an activating group) is 1. The lowest BCUT2D eigenvalue weighted by molar-refractivity contribution is -0.133. The van der Waals surface area contributed by atoms with E-state index >= 15 is 0 Å². The van der Waals surface area contributed by atoms with Gasteiger partial charge in [0.2, 0.25) is 11.8 Å². The number of nitrogens with zero attached hydrogens (tertiary/aromatic N) is 3. The molecule has 7 nitrogen and oxygen atoms in total. The van der Waals surface area contributed by atoms with Crippen molar-refractivity contribution in [1.29, 1.82) is 0 Å². The monoisotopic (exact) mass is 380 g/mol. The van der Waals surface area contributed by atoms with E-state index in [1.54, 1.807) is 20.2 Å². The molecule has 0 bridgehead atoms. The van der Waals surface area contributed by atoms with Crippen LogP contribution in [0.5, 0.6) is 0 Å². The maximum atomic E-state index is 12.6. The number of carbonyl (C=O) groups excluding carboxylic acids is 2. The number of carbonyl (C=O) groups is 2. The Bertz CT molecular complexity index is 1110. The summed E-state index contributed by atoms with van der Waals surface area (Å²) in [4.78, 5) is 38.7. The van der Waals surface area contributed by atoms with Crippen LogP contribution in [0.25, 0.3) is 11.0 Å². The number of anilines is 1. The minimum atomic E-state index is -0.311. The van der Waals surface area contributed by atoms with Crippen LogP contribution in [-0.2, 0) is 23.2 Å². The fourth-order valence-corrected chi connectivity index (χ4v) is 3.15. The first-order valence-electron chi connectivity index (χ1n) is 9.04. The molecule has 1 aromatic heterocycles. The zero-order valence-electron chi connectivity index (χ0n) is 16.5. The minimum Gasteiger partial charge on any atom is -0.335 e. The zero-order valence-corrected chi connectivity index (χ0v) is 16.5. The SMILES string of the molecule is Cc1cccc(NC(=O)CN(C)C(=O)Cn2c(=O)n(C)c3ccccc32)c1C. The van der Waals surface area contributed by atoms with Gasteiger partial charge in [0.05, 0.1) is 17.6 Å². The summed E-state index contributed by atoms with van der Waals surface area (Å²) in [6, 6.07) is 13.0. The first-order valence-corrected chi connectivity index (χ1v) is 9.04. The fourth-order valence-electron chi connectivity index (χ4n) is 3.15. The van der Waals surface area contributed by atoms with Crippen molar-refractivity contribution in [2.24, 2.45) is 7.05 Å². The van der Waals surface area contributed by atoms with Crippen molar-refractivity contribution >= 4 is 28.5 Å². The molecule has 28 heavy (non-hydrogen) atoms. The molecule has 0 saturated heterocycles. The summed E-state index contributed by atoms with van der Waals surface area (Å²) in [6.45, 7) is 3.70. The van der Waals surface area contributed by atoms with Crippen LogP contribution in [0.3, 0.4) is 0 Å². The van der Waals surface area contributed by atoms with Crippen LogP contribution in [0.2, 0.25) is 0 Å².